The molecular formula is C59H42N4. The number of nitrogens with zero attached hydrogens (tertiary/aromatic N) is 2. The van der Waals surface area contributed by atoms with Crippen molar-refractivity contribution >= 4 is 65.6 Å². The molecule has 0 aliphatic carbocycles. The van der Waals surface area contributed by atoms with E-state index < -0.39 is 0 Å². The molecule has 12 rings (SSSR count). The summed E-state index contributed by atoms with van der Waals surface area (Å²) in [6, 6.07) is 74.7. The predicted molar refractivity (Wildman–Crippen MR) is 267 cm³/mol. The van der Waals surface area contributed by atoms with Crippen molar-refractivity contribution in [3.05, 3.63) is 230 Å². The highest BCUT2D eigenvalue weighted by Gasteiger charge is 2.19. The molecule has 0 saturated carbocycles. The van der Waals surface area contributed by atoms with E-state index in [1.54, 1.807) is 0 Å². The van der Waals surface area contributed by atoms with Gasteiger partial charge in [0.2, 0.25) is 0 Å². The molecule has 2 heterocycles. The van der Waals surface area contributed by atoms with Crippen LogP contribution in [-0.2, 0) is 0 Å². The van der Waals surface area contributed by atoms with Crippen LogP contribution in [0.4, 0.5) is 5.69 Å². The van der Waals surface area contributed by atoms with Gasteiger partial charge in [-0.15, -0.1) is 0 Å². The molecule has 63 heavy (non-hydrogen) atoms. The Kier molecular flexibility index (Phi) is 8.75. The first-order valence-electron chi connectivity index (χ1n) is 21.7. The van der Waals surface area contributed by atoms with Crippen LogP contribution >= 0.6 is 0 Å². The first kappa shape index (κ1) is 36.6. The van der Waals surface area contributed by atoms with Crippen LogP contribution < -0.4 is 10.6 Å². The maximum atomic E-state index is 4.82. The number of benzene rings is 10. The number of fused-ring (bicyclic) bond motifs is 9. The van der Waals surface area contributed by atoms with E-state index in [9.17, 15) is 0 Å². The number of nitrogens with one attached hydrogen (secondary N) is 2. The summed E-state index contributed by atoms with van der Waals surface area (Å²) in [5, 5.41) is 17.7. The van der Waals surface area contributed by atoms with Gasteiger partial charge in [0.15, 0.2) is 0 Å². The number of aromatic nitrogens is 1. The lowest BCUT2D eigenvalue weighted by molar-refractivity contribution is 0.806. The molecule has 1 aliphatic rings. The molecule has 0 spiro atoms. The van der Waals surface area contributed by atoms with Crippen molar-refractivity contribution in [2.75, 3.05) is 5.32 Å². The zero-order chi connectivity index (χ0) is 41.9. The molecule has 1 unspecified atom stereocenters. The van der Waals surface area contributed by atoms with Crippen molar-refractivity contribution in [1.82, 2.24) is 9.88 Å². The molecule has 0 saturated heterocycles. The fourth-order valence-electron chi connectivity index (χ4n) is 9.77. The molecule has 0 radical (unpaired) electrons. The Morgan fingerprint density at radius 1 is 0.429 bits per heavy atom. The quantitative estimate of drug-likeness (QED) is 0.158. The highest BCUT2D eigenvalue weighted by Crippen LogP contribution is 2.40. The van der Waals surface area contributed by atoms with Gasteiger partial charge >= 0.3 is 0 Å². The molecule has 4 heteroatoms. The second-order valence-corrected chi connectivity index (χ2v) is 16.5. The minimum atomic E-state index is -0.171. The van der Waals surface area contributed by atoms with E-state index in [0.29, 0.717) is 0 Å². The average Bonchev–Trinajstić information content (AvgIpc) is 3.68. The van der Waals surface area contributed by atoms with Crippen LogP contribution in [0.2, 0.25) is 0 Å². The van der Waals surface area contributed by atoms with Gasteiger partial charge in [-0.2, -0.15) is 0 Å². The van der Waals surface area contributed by atoms with E-state index in [0.717, 1.165) is 39.5 Å². The Labute approximate surface area is 366 Å². The molecule has 0 bridgehead atoms. The lowest BCUT2D eigenvalue weighted by Gasteiger charge is -2.25. The van der Waals surface area contributed by atoms with Gasteiger partial charge in [-0.1, -0.05) is 152 Å². The van der Waals surface area contributed by atoms with Crippen LogP contribution in [0.25, 0.3) is 93.2 Å². The predicted octanol–water partition coefficient (Wildman–Crippen LogP) is 14.9. The Bertz CT molecular complexity index is 3600. The van der Waals surface area contributed by atoms with Crippen molar-refractivity contribution in [2.45, 2.75) is 13.1 Å². The van der Waals surface area contributed by atoms with Crippen molar-refractivity contribution in [1.29, 1.82) is 0 Å². The highest BCUT2D eigenvalue weighted by atomic mass is 15.2. The number of aliphatic imine (C=N–C) groups is 1. The van der Waals surface area contributed by atoms with Crippen molar-refractivity contribution in [2.24, 2.45) is 4.99 Å². The zero-order valence-corrected chi connectivity index (χ0v) is 34.8. The van der Waals surface area contributed by atoms with E-state index in [4.69, 9.17) is 4.99 Å². The second kappa shape index (κ2) is 15.1. The van der Waals surface area contributed by atoms with Gasteiger partial charge in [0.25, 0.3) is 0 Å². The molecule has 1 aliphatic heterocycles. The Hall–Kier alpha value is -8.21. The van der Waals surface area contributed by atoms with E-state index in [2.05, 4.69) is 234 Å². The maximum Gasteiger partial charge on any atom is 0.135 e. The molecular weight excluding hydrogens is 765 g/mol. The van der Waals surface area contributed by atoms with Crippen LogP contribution in [0, 0.1) is 6.92 Å². The second-order valence-electron chi connectivity index (χ2n) is 16.5. The topological polar surface area (TPSA) is 41.4 Å². The standard InChI is InChI=1S/C59H42N4/c1-38-34-43(25-28-45(38)42-24-29-50-48-20-9-8-18-46(48)47-19-10-11-21-49(47)53(50)37-42)59-60-33-32-58(62-59)61-55-30-26-40(35-52(55)39-14-4-2-5-15-39)41-27-31-57-54(36-41)51-22-12-13-23-56(51)63(57)44-16-6-3-7-17-44/h2-37,58,61H,1H3,(H,60,62). The number of rotatable bonds is 7. The van der Waals surface area contributed by atoms with Gasteiger partial charge in [-0.05, 0) is 133 Å². The van der Waals surface area contributed by atoms with Gasteiger partial charge in [0.05, 0.1) is 11.0 Å². The first-order chi connectivity index (χ1) is 31.1. The van der Waals surface area contributed by atoms with E-state index in [1.165, 1.54) is 76.4 Å². The van der Waals surface area contributed by atoms with Crippen LogP contribution in [-0.4, -0.2) is 16.6 Å². The van der Waals surface area contributed by atoms with Gasteiger partial charge in [-0.3, -0.25) is 0 Å². The van der Waals surface area contributed by atoms with Crippen molar-refractivity contribution < 1.29 is 0 Å². The Morgan fingerprint density at radius 2 is 1.00 bits per heavy atom. The maximum absolute atomic E-state index is 4.82. The summed E-state index contributed by atoms with van der Waals surface area (Å²) >= 11 is 0. The lowest BCUT2D eigenvalue weighted by Crippen LogP contribution is -2.41. The molecule has 11 aromatic rings. The van der Waals surface area contributed by atoms with Crippen molar-refractivity contribution in [3.63, 3.8) is 0 Å². The fourth-order valence-corrected chi connectivity index (χ4v) is 9.77. The fraction of sp³-hybridized carbons (Fsp3) is 0.0339. The minimum Gasteiger partial charge on any atom is -0.362 e. The number of anilines is 1. The molecule has 0 fully saturated rings. The minimum absolute atomic E-state index is 0.171. The summed E-state index contributed by atoms with van der Waals surface area (Å²) in [6.07, 6.45) is 3.81. The average molecular weight is 807 g/mol. The van der Waals surface area contributed by atoms with Crippen LogP contribution in [0.5, 0.6) is 0 Å². The molecule has 0 amide bonds. The van der Waals surface area contributed by atoms with Crippen LogP contribution in [0.15, 0.2) is 224 Å². The Balaban J connectivity index is 0.845. The zero-order valence-electron chi connectivity index (χ0n) is 34.8. The molecule has 2 N–H and O–H groups in total. The number of aryl methyl sites for hydroxylation is 1. The van der Waals surface area contributed by atoms with E-state index in [1.807, 2.05) is 6.20 Å². The summed E-state index contributed by atoms with van der Waals surface area (Å²) in [5.74, 6) is 0.835. The summed E-state index contributed by atoms with van der Waals surface area (Å²) < 4.78 is 2.36. The van der Waals surface area contributed by atoms with Gasteiger partial charge < -0.3 is 15.2 Å². The molecule has 298 valence electrons. The largest absolute Gasteiger partial charge is 0.362 e. The third-order valence-electron chi connectivity index (χ3n) is 12.8. The molecule has 10 aromatic carbocycles. The Morgan fingerprint density at radius 3 is 1.75 bits per heavy atom. The summed E-state index contributed by atoms with van der Waals surface area (Å²) in [7, 11) is 0. The SMILES string of the molecule is Cc1cc(C2=NC=CC(Nc3ccc(-c4ccc5c(c4)c4ccccc4n5-c4ccccc4)cc3-c3ccccc3)N2)ccc1-c1ccc2c3ccccc3c3ccccc3c2c1. The van der Waals surface area contributed by atoms with Crippen molar-refractivity contribution in [3.8, 4) is 39.1 Å². The molecule has 1 aromatic heterocycles. The van der Waals surface area contributed by atoms with Crippen LogP contribution in [0.1, 0.15) is 11.1 Å². The van der Waals surface area contributed by atoms with Crippen LogP contribution in [0.3, 0.4) is 0 Å². The normalized spacial score (nSPS) is 13.8. The number of para-hydroxylation sites is 2. The number of hydrogen-bond acceptors (Lipinski definition) is 3. The lowest BCUT2D eigenvalue weighted by atomic mass is 9.91. The summed E-state index contributed by atoms with van der Waals surface area (Å²) in [4.78, 5) is 4.82. The smallest absolute Gasteiger partial charge is 0.135 e. The highest BCUT2D eigenvalue weighted by molar-refractivity contribution is 6.25. The first-order valence-corrected chi connectivity index (χ1v) is 21.7. The summed E-state index contributed by atoms with van der Waals surface area (Å²) in [6.45, 7) is 2.20. The van der Waals surface area contributed by atoms with E-state index >= 15 is 0 Å². The monoisotopic (exact) mass is 806 g/mol. The number of hydrogen-bond donors (Lipinski definition) is 2. The summed E-state index contributed by atoms with van der Waals surface area (Å²) in [5.41, 5.74) is 13.9. The number of amidine groups is 1. The van der Waals surface area contributed by atoms with E-state index in [-0.39, 0.29) is 6.17 Å². The molecule has 4 nitrogen and oxygen atoms in total. The third-order valence-corrected chi connectivity index (χ3v) is 12.8. The van der Waals surface area contributed by atoms with Gasteiger partial charge in [-0.25, -0.2) is 4.99 Å². The molecule has 1 atom stereocenters. The van der Waals surface area contributed by atoms with Gasteiger partial charge in [0, 0.05) is 39.5 Å². The third kappa shape index (κ3) is 6.35. The van der Waals surface area contributed by atoms with Gasteiger partial charge in [0.1, 0.15) is 12.0 Å².